The van der Waals surface area contributed by atoms with Crippen LogP contribution in [0.15, 0.2) is 11.6 Å². The molecule has 0 saturated carbocycles. The van der Waals surface area contributed by atoms with E-state index in [1.165, 1.54) is 19.3 Å². The van der Waals surface area contributed by atoms with E-state index in [0.29, 0.717) is 0 Å². The maximum Gasteiger partial charge on any atom is 0.0471 e. The van der Waals surface area contributed by atoms with Gasteiger partial charge in [-0.2, -0.15) is 0 Å². The minimum atomic E-state index is 0.761. The van der Waals surface area contributed by atoms with Crippen LogP contribution in [0.3, 0.4) is 0 Å². The Morgan fingerprint density at radius 3 is 2.64 bits per heavy atom. The van der Waals surface area contributed by atoms with Crippen molar-refractivity contribution >= 4 is 0 Å². The molecule has 2 nitrogen and oxygen atoms in total. The van der Waals surface area contributed by atoms with E-state index >= 15 is 0 Å². The zero-order valence-corrected chi connectivity index (χ0v) is 9.51. The Kier molecular flexibility index (Phi) is 5.88. The van der Waals surface area contributed by atoms with Gasteiger partial charge in [0.1, 0.15) is 0 Å². The van der Waals surface area contributed by atoms with Crippen molar-refractivity contribution in [2.24, 2.45) is 5.92 Å². The minimum Gasteiger partial charge on any atom is -0.381 e. The van der Waals surface area contributed by atoms with Gasteiger partial charge >= 0.3 is 0 Å². The molecule has 14 heavy (non-hydrogen) atoms. The molecule has 1 rings (SSSR count). The summed E-state index contributed by atoms with van der Waals surface area (Å²) in [5, 5.41) is 3.39. The van der Waals surface area contributed by atoms with Crippen molar-refractivity contribution in [2.75, 3.05) is 26.3 Å². The van der Waals surface area contributed by atoms with Gasteiger partial charge in [0, 0.05) is 19.8 Å². The quantitative estimate of drug-likeness (QED) is 0.683. The average Bonchev–Trinajstić information content (AvgIpc) is 2.25. The molecule has 0 unspecified atom stereocenters. The molecule has 1 saturated heterocycles. The van der Waals surface area contributed by atoms with E-state index in [1.807, 2.05) is 0 Å². The molecule has 2 heteroatoms. The summed E-state index contributed by atoms with van der Waals surface area (Å²) in [5.74, 6) is 0.761. The van der Waals surface area contributed by atoms with Gasteiger partial charge in [-0.25, -0.2) is 0 Å². The maximum atomic E-state index is 5.35. The fourth-order valence-electron chi connectivity index (χ4n) is 1.80. The molecule has 0 atom stereocenters. The summed E-state index contributed by atoms with van der Waals surface area (Å²) in [5.41, 5.74) is 1.55. The normalized spacial score (nSPS) is 20.0. The van der Waals surface area contributed by atoms with Gasteiger partial charge < -0.3 is 10.1 Å². The fourth-order valence-corrected chi connectivity index (χ4v) is 1.80. The molecule has 1 N–H and O–H groups in total. The number of hydrogen-bond donors (Lipinski definition) is 1. The maximum absolute atomic E-state index is 5.35. The number of ether oxygens (including phenoxy) is 1. The molecule has 0 aliphatic carbocycles. The fraction of sp³-hybridized carbons (Fsp3) is 0.833. The average molecular weight is 197 g/mol. The second-order valence-corrected chi connectivity index (χ2v) is 3.91. The van der Waals surface area contributed by atoms with E-state index < -0.39 is 0 Å². The summed E-state index contributed by atoms with van der Waals surface area (Å²) in [7, 11) is 0. The zero-order valence-electron chi connectivity index (χ0n) is 9.51. The summed E-state index contributed by atoms with van der Waals surface area (Å²) in [6.07, 6.45) is 6.04. The second kappa shape index (κ2) is 7.02. The number of nitrogens with one attached hydrogen (secondary N) is 1. The monoisotopic (exact) mass is 197 g/mol. The van der Waals surface area contributed by atoms with Crippen LogP contribution in [0, 0.1) is 5.92 Å². The van der Waals surface area contributed by atoms with Crippen molar-refractivity contribution in [3.63, 3.8) is 0 Å². The topological polar surface area (TPSA) is 21.3 Å². The van der Waals surface area contributed by atoms with E-state index in [2.05, 4.69) is 25.2 Å². The molecule has 0 aromatic carbocycles. The molecular formula is C12H23NO. The SMILES string of the molecule is CCNCC(=CC1CCOCC1)CC. The van der Waals surface area contributed by atoms with Crippen LogP contribution in [0.2, 0.25) is 0 Å². The molecule has 1 aliphatic heterocycles. The Bertz CT molecular complexity index is 171. The first-order chi connectivity index (χ1) is 6.86. The predicted octanol–water partition coefficient (Wildman–Crippen LogP) is 2.36. The summed E-state index contributed by atoms with van der Waals surface area (Å²) < 4.78 is 5.35. The van der Waals surface area contributed by atoms with E-state index in [-0.39, 0.29) is 0 Å². The standard InChI is InChI=1S/C12H23NO/c1-3-11(10-13-4-2)9-12-5-7-14-8-6-12/h9,12-13H,3-8,10H2,1-2H3. The van der Waals surface area contributed by atoms with Crippen LogP contribution >= 0.6 is 0 Å². The molecule has 0 radical (unpaired) electrons. The van der Waals surface area contributed by atoms with Crippen molar-refractivity contribution < 1.29 is 4.74 Å². The lowest BCUT2D eigenvalue weighted by Gasteiger charge is -2.20. The van der Waals surface area contributed by atoms with E-state index in [4.69, 9.17) is 4.74 Å². The van der Waals surface area contributed by atoms with E-state index in [1.54, 1.807) is 5.57 Å². The zero-order chi connectivity index (χ0) is 10.2. The largest absolute Gasteiger partial charge is 0.381 e. The van der Waals surface area contributed by atoms with Crippen molar-refractivity contribution in [1.29, 1.82) is 0 Å². The first-order valence-corrected chi connectivity index (χ1v) is 5.84. The third kappa shape index (κ3) is 4.25. The Balaban J connectivity index is 2.35. The molecular weight excluding hydrogens is 174 g/mol. The number of hydrogen-bond acceptors (Lipinski definition) is 2. The van der Waals surface area contributed by atoms with E-state index in [9.17, 15) is 0 Å². The van der Waals surface area contributed by atoms with Crippen LogP contribution in [-0.2, 0) is 4.74 Å². The molecule has 0 aromatic rings. The van der Waals surface area contributed by atoms with Crippen molar-refractivity contribution in [3.05, 3.63) is 11.6 Å². The van der Waals surface area contributed by atoms with Crippen LogP contribution in [0.25, 0.3) is 0 Å². The van der Waals surface area contributed by atoms with Crippen LogP contribution in [-0.4, -0.2) is 26.3 Å². The first kappa shape index (κ1) is 11.7. The Morgan fingerprint density at radius 1 is 1.36 bits per heavy atom. The van der Waals surface area contributed by atoms with E-state index in [0.717, 1.165) is 32.2 Å². The van der Waals surface area contributed by atoms with Gasteiger partial charge in [0.25, 0.3) is 0 Å². The highest BCUT2D eigenvalue weighted by Crippen LogP contribution is 2.18. The van der Waals surface area contributed by atoms with Crippen LogP contribution in [0.5, 0.6) is 0 Å². The smallest absolute Gasteiger partial charge is 0.0471 e. The van der Waals surface area contributed by atoms with Crippen LogP contribution in [0.4, 0.5) is 0 Å². The molecule has 0 aromatic heterocycles. The third-order valence-electron chi connectivity index (χ3n) is 2.79. The summed E-state index contributed by atoms with van der Waals surface area (Å²) in [6.45, 7) is 8.40. The number of rotatable bonds is 5. The highest BCUT2D eigenvalue weighted by Gasteiger charge is 2.11. The van der Waals surface area contributed by atoms with Gasteiger partial charge in [-0.1, -0.05) is 25.5 Å². The van der Waals surface area contributed by atoms with Crippen molar-refractivity contribution in [1.82, 2.24) is 5.32 Å². The Morgan fingerprint density at radius 2 is 2.07 bits per heavy atom. The first-order valence-electron chi connectivity index (χ1n) is 5.84. The van der Waals surface area contributed by atoms with Crippen molar-refractivity contribution in [3.8, 4) is 0 Å². The molecule has 1 fully saturated rings. The molecule has 0 spiro atoms. The third-order valence-corrected chi connectivity index (χ3v) is 2.79. The number of likely N-dealkylation sites (N-methyl/N-ethyl adjacent to an activating group) is 1. The van der Waals surface area contributed by atoms with Gasteiger partial charge in [-0.15, -0.1) is 0 Å². The summed E-state index contributed by atoms with van der Waals surface area (Å²) in [6, 6.07) is 0. The summed E-state index contributed by atoms with van der Waals surface area (Å²) >= 11 is 0. The lowest BCUT2D eigenvalue weighted by Crippen LogP contribution is -2.18. The second-order valence-electron chi connectivity index (χ2n) is 3.91. The van der Waals surface area contributed by atoms with Gasteiger partial charge in [0.05, 0.1) is 0 Å². The highest BCUT2D eigenvalue weighted by molar-refractivity contribution is 5.06. The van der Waals surface area contributed by atoms with Gasteiger partial charge in [0.2, 0.25) is 0 Å². The minimum absolute atomic E-state index is 0.761. The van der Waals surface area contributed by atoms with Crippen molar-refractivity contribution in [2.45, 2.75) is 33.1 Å². The molecule has 0 bridgehead atoms. The molecule has 0 amide bonds. The molecule has 1 heterocycles. The van der Waals surface area contributed by atoms with Gasteiger partial charge in [0.15, 0.2) is 0 Å². The van der Waals surface area contributed by atoms with Crippen LogP contribution < -0.4 is 5.32 Å². The molecule has 82 valence electrons. The number of allylic oxidation sites excluding steroid dienone is 1. The van der Waals surface area contributed by atoms with Crippen LogP contribution in [0.1, 0.15) is 33.1 Å². The Labute approximate surface area is 87.7 Å². The predicted molar refractivity (Wildman–Crippen MR) is 60.5 cm³/mol. The lowest BCUT2D eigenvalue weighted by atomic mass is 9.96. The summed E-state index contributed by atoms with van der Waals surface area (Å²) in [4.78, 5) is 0. The Hall–Kier alpha value is -0.340. The lowest BCUT2D eigenvalue weighted by molar-refractivity contribution is 0.0783. The highest BCUT2D eigenvalue weighted by atomic mass is 16.5. The van der Waals surface area contributed by atoms with Gasteiger partial charge in [-0.3, -0.25) is 0 Å². The van der Waals surface area contributed by atoms with Gasteiger partial charge in [-0.05, 0) is 31.7 Å². The molecule has 1 aliphatic rings.